The second-order valence-corrected chi connectivity index (χ2v) is 3.09. The van der Waals surface area contributed by atoms with Gasteiger partial charge in [-0.1, -0.05) is 0 Å². The third-order valence-electron chi connectivity index (χ3n) is 2.35. The standard InChI is InChI=1S/C10H10N2O2/c1-14-10(13)9-7(4-5-11)2-3-8(9)6-12/h7H,2-4H2,1H3. The molecule has 0 aliphatic heterocycles. The van der Waals surface area contributed by atoms with Crippen LogP contribution in [0.5, 0.6) is 0 Å². The zero-order chi connectivity index (χ0) is 10.6. The van der Waals surface area contributed by atoms with E-state index in [1.165, 1.54) is 7.11 Å². The Morgan fingerprint density at radius 2 is 2.36 bits per heavy atom. The van der Waals surface area contributed by atoms with Gasteiger partial charge in [-0.3, -0.25) is 0 Å². The summed E-state index contributed by atoms with van der Waals surface area (Å²) in [7, 11) is 1.28. The highest BCUT2D eigenvalue weighted by molar-refractivity contribution is 5.91. The van der Waals surface area contributed by atoms with E-state index in [1.54, 1.807) is 0 Å². The lowest BCUT2D eigenvalue weighted by Crippen LogP contribution is -2.11. The number of hydrogen-bond acceptors (Lipinski definition) is 4. The van der Waals surface area contributed by atoms with E-state index in [4.69, 9.17) is 10.5 Å². The summed E-state index contributed by atoms with van der Waals surface area (Å²) < 4.78 is 4.59. The van der Waals surface area contributed by atoms with Crippen molar-refractivity contribution in [2.24, 2.45) is 5.92 Å². The maximum Gasteiger partial charge on any atom is 0.335 e. The summed E-state index contributed by atoms with van der Waals surface area (Å²) in [5, 5.41) is 17.3. The molecule has 1 rings (SSSR count). The van der Waals surface area contributed by atoms with Crippen molar-refractivity contribution in [1.82, 2.24) is 0 Å². The molecule has 1 aliphatic rings. The third kappa shape index (κ3) is 1.75. The van der Waals surface area contributed by atoms with Crippen LogP contribution in [0.15, 0.2) is 11.1 Å². The maximum absolute atomic E-state index is 11.3. The van der Waals surface area contributed by atoms with Gasteiger partial charge in [0.05, 0.1) is 24.8 Å². The fourth-order valence-corrected chi connectivity index (χ4v) is 1.67. The number of methoxy groups -OCH3 is 1. The van der Waals surface area contributed by atoms with Gasteiger partial charge in [-0.15, -0.1) is 0 Å². The SMILES string of the molecule is COC(=O)C1=C(C#N)CCC1CC#N. The summed E-state index contributed by atoms with van der Waals surface area (Å²) in [5.74, 6) is -0.596. The van der Waals surface area contributed by atoms with Gasteiger partial charge < -0.3 is 4.74 Å². The Bertz CT molecular complexity index is 357. The molecule has 0 bridgehead atoms. The lowest BCUT2D eigenvalue weighted by Gasteiger charge is -2.08. The number of carbonyl (C=O) groups is 1. The van der Waals surface area contributed by atoms with Crippen LogP contribution in [-0.4, -0.2) is 13.1 Å². The van der Waals surface area contributed by atoms with Gasteiger partial charge in [0.2, 0.25) is 0 Å². The molecule has 0 spiro atoms. The van der Waals surface area contributed by atoms with Crippen LogP contribution in [0.3, 0.4) is 0 Å². The highest BCUT2D eigenvalue weighted by Crippen LogP contribution is 2.34. The van der Waals surface area contributed by atoms with Gasteiger partial charge in [0, 0.05) is 17.9 Å². The molecule has 0 aromatic carbocycles. The maximum atomic E-state index is 11.3. The molecule has 0 amide bonds. The van der Waals surface area contributed by atoms with Crippen LogP contribution in [0.1, 0.15) is 19.3 Å². The number of esters is 1. The number of nitrogens with zero attached hydrogens (tertiary/aromatic N) is 2. The topological polar surface area (TPSA) is 73.9 Å². The molecule has 0 fully saturated rings. The van der Waals surface area contributed by atoms with E-state index in [1.807, 2.05) is 12.1 Å². The minimum atomic E-state index is -0.473. The Morgan fingerprint density at radius 1 is 1.64 bits per heavy atom. The first-order valence-electron chi connectivity index (χ1n) is 4.33. The van der Waals surface area contributed by atoms with E-state index in [9.17, 15) is 4.79 Å². The first kappa shape index (κ1) is 10.3. The molecule has 1 aliphatic carbocycles. The fraction of sp³-hybridized carbons (Fsp3) is 0.500. The second-order valence-electron chi connectivity index (χ2n) is 3.09. The summed E-state index contributed by atoms with van der Waals surface area (Å²) in [6.45, 7) is 0. The van der Waals surface area contributed by atoms with Crippen molar-refractivity contribution in [2.75, 3.05) is 7.11 Å². The summed E-state index contributed by atoms with van der Waals surface area (Å²) in [5.41, 5.74) is 0.869. The Labute approximate surface area is 82.4 Å². The molecular weight excluding hydrogens is 180 g/mol. The van der Waals surface area contributed by atoms with Crippen LogP contribution in [0.4, 0.5) is 0 Å². The highest BCUT2D eigenvalue weighted by Gasteiger charge is 2.30. The van der Waals surface area contributed by atoms with E-state index in [2.05, 4.69) is 4.74 Å². The molecule has 0 aromatic rings. The highest BCUT2D eigenvalue weighted by atomic mass is 16.5. The van der Waals surface area contributed by atoms with Crippen molar-refractivity contribution in [3.8, 4) is 12.1 Å². The quantitative estimate of drug-likeness (QED) is 0.615. The number of nitriles is 2. The molecule has 0 aromatic heterocycles. The van der Waals surface area contributed by atoms with E-state index in [0.29, 0.717) is 24.0 Å². The third-order valence-corrected chi connectivity index (χ3v) is 2.35. The van der Waals surface area contributed by atoms with Crippen molar-refractivity contribution in [2.45, 2.75) is 19.3 Å². The Hall–Kier alpha value is -1.81. The van der Waals surface area contributed by atoms with Gasteiger partial charge in [0.15, 0.2) is 0 Å². The average Bonchev–Trinajstić information content (AvgIpc) is 2.60. The largest absolute Gasteiger partial charge is 0.466 e. The number of rotatable bonds is 2. The smallest absolute Gasteiger partial charge is 0.335 e. The molecule has 1 atom stereocenters. The van der Waals surface area contributed by atoms with Crippen LogP contribution < -0.4 is 0 Å². The van der Waals surface area contributed by atoms with Gasteiger partial charge in [-0.05, 0) is 12.8 Å². The molecule has 0 saturated heterocycles. The van der Waals surface area contributed by atoms with Crippen LogP contribution in [0.25, 0.3) is 0 Å². The van der Waals surface area contributed by atoms with Crippen LogP contribution in [0.2, 0.25) is 0 Å². The molecule has 1 unspecified atom stereocenters. The zero-order valence-corrected chi connectivity index (χ0v) is 7.91. The second kappa shape index (κ2) is 4.43. The van der Waals surface area contributed by atoms with Crippen LogP contribution in [-0.2, 0) is 9.53 Å². The molecule has 4 nitrogen and oxygen atoms in total. The van der Waals surface area contributed by atoms with Crippen molar-refractivity contribution < 1.29 is 9.53 Å². The lowest BCUT2D eigenvalue weighted by molar-refractivity contribution is -0.136. The predicted molar refractivity (Wildman–Crippen MR) is 47.6 cm³/mol. The number of hydrogen-bond donors (Lipinski definition) is 0. The van der Waals surface area contributed by atoms with Gasteiger partial charge in [0.1, 0.15) is 0 Å². The molecular formula is C10H10N2O2. The van der Waals surface area contributed by atoms with E-state index in [0.717, 1.165) is 0 Å². The monoisotopic (exact) mass is 190 g/mol. The fourth-order valence-electron chi connectivity index (χ4n) is 1.67. The molecule has 0 heterocycles. The van der Waals surface area contributed by atoms with Crippen molar-refractivity contribution in [1.29, 1.82) is 10.5 Å². The van der Waals surface area contributed by atoms with Crippen molar-refractivity contribution in [3.05, 3.63) is 11.1 Å². The van der Waals surface area contributed by atoms with Gasteiger partial charge >= 0.3 is 5.97 Å². The normalized spacial score (nSPS) is 20.1. The van der Waals surface area contributed by atoms with E-state index in [-0.39, 0.29) is 12.3 Å². The van der Waals surface area contributed by atoms with E-state index >= 15 is 0 Å². The predicted octanol–water partition coefficient (Wildman–Crippen LogP) is 1.30. The first-order chi connectivity index (χ1) is 6.74. The molecule has 0 N–H and O–H groups in total. The average molecular weight is 190 g/mol. The summed E-state index contributed by atoms with van der Waals surface area (Å²) in [6, 6.07) is 4.00. The van der Waals surface area contributed by atoms with Crippen LogP contribution >= 0.6 is 0 Å². The summed E-state index contributed by atoms with van der Waals surface area (Å²) in [4.78, 5) is 11.3. The molecule has 14 heavy (non-hydrogen) atoms. The minimum Gasteiger partial charge on any atom is -0.466 e. The molecule has 0 radical (unpaired) electrons. The number of allylic oxidation sites excluding steroid dienone is 1. The van der Waals surface area contributed by atoms with Gasteiger partial charge in [-0.2, -0.15) is 10.5 Å². The Morgan fingerprint density at radius 3 is 2.86 bits per heavy atom. The molecule has 4 heteroatoms. The zero-order valence-electron chi connectivity index (χ0n) is 7.91. The lowest BCUT2D eigenvalue weighted by atomic mass is 9.98. The van der Waals surface area contributed by atoms with E-state index < -0.39 is 5.97 Å². The molecule has 0 saturated carbocycles. The Balaban J connectivity index is 2.97. The van der Waals surface area contributed by atoms with Gasteiger partial charge in [-0.25, -0.2) is 4.79 Å². The van der Waals surface area contributed by atoms with Crippen LogP contribution in [0, 0.1) is 28.6 Å². The number of ether oxygens (including phenoxy) is 1. The van der Waals surface area contributed by atoms with Crippen molar-refractivity contribution >= 4 is 5.97 Å². The molecule has 72 valence electrons. The van der Waals surface area contributed by atoms with Gasteiger partial charge in [0.25, 0.3) is 0 Å². The Kier molecular flexibility index (Phi) is 3.25. The van der Waals surface area contributed by atoms with Crippen molar-refractivity contribution in [3.63, 3.8) is 0 Å². The first-order valence-corrected chi connectivity index (χ1v) is 4.33. The minimum absolute atomic E-state index is 0.123. The number of carbonyl (C=O) groups excluding carboxylic acids is 1. The summed E-state index contributed by atoms with van der Waals surface area (Å²) in [6.07, 6.45) is 1.55. The summed E-state index contributed by atoms with van der Waals surface area (Å²) >= 11 is 0.